The fraction of sp³-hybridized carbons (Fsp3) is 0.333. The third-order valence-corrected chi connectivity index (χ3v) is 3.64. The topological polar surface area (TPSA) is 65.2 Å². The predicted molar refractivity (Wildman–Crippen MR) is 80.1 cm³/mol. The van der Waals surface area contributed by atoms with Gasteiger partial charge in [0, 0.05) is 16.4 Å². The molecular weight excluding hydrogens is 272 g/mol. The summed E-state index contributed by atoms with van der Waals surface area (Å²) in [5.41, 5.74) is 6.79. The monoisotopic (exact) mass is 290 g/mol. The van der Waals surface area contributed by atoms with Crippen molar-refractivity contribution < 1.29 is 9.53 Å². The number of nitrogens with zero attached hydrogens (tertiary/aromatic N) is 1. The number of nitrogens with two attached hydrogens (primary N) is 1. The molecule has 0 saturated heterocycles. The average Bonchev–Trinajstić information content (AvgIpc) is 2.85. The molecule has 0 unspecified atom stereocenters. The molecule has 1 heterocycles. The summed E-state index contributed by atoms with van der Waals surface area (Å²) in [6.07, 6.45) is 0. The van der Waals surface area contributed by atoms with E-state index in [-0.39, 0.29) is 5.41 Å². The zero-order valence-electron chi connectivity index (χ0n) is 11.8. The molecule has 0 fully saturated rings. The van der Waals surface area contributed by atoms with Gasteiger partial charge in [0.25, 0.3) is 0 Å². The Morgan fingerprint density at radius 2 is 1.95 bits per heavy atom. The number of aromatic nitrogens is 1. The molecule has 1 aromatic heterocycles. The third-order valence-electron chi connectivity index (χ3n) is 2.82. The summed E-state index contributed by atoms with van der Waals surface area (Å²) >= 11 is 1.59. The van der Waals surface area contributed by atoms with Crippen LogP contribution >= 0.6 is 11.3 Å². The lowest BCUT2D eigenvalue weighted by atomic mass is 9.93. The smallest absolute Gasteiger partial charge is 0.248 e. The fourth-order valence-corrected chi connectivity index (χ4v) is 2.51. The number of carbonyl (C=O) groups excluding carboxylic acids is 1. The quantitative estimate of drug-likeness (QED) is 0.941. The Kier molecular flexibility index (Phi) is 4.09. The van der Waals surface area contributed by atoms with Crippen LogP contribution in [0.5, 0.6) is 5.75 Å². The summed E-state index contributed by atoms with van der Waals surface area (Å²) in [5, 5.41) is 3.00. The van der Waals surface area contributed by atoms with Crippen LogP contribution in [0.3, 0.4) is 0 Å². The summed E-state index contributed by atoms with van der Waals surface area (Å²) in [6.45, 7) is 6.83. The normalized spacial score (nSPS) is 11.3. The van der Waals surface area contributed by atoms with Crippen LogP contribution in [0.1, 0.15) is 41.8 Å². The van der Waals surface area contributed by atoms with Crippen LogP contribution in [0.25, 0.3) is 0 Å². The van der Waals surface area contributed by atoms with Crippen LogP contribution in [0, 0.1) is 0 Å². The summed E-state index contributed by atoms with van der Waals surface area (Å²) in [4.78, 5) is 15.5. The van der Waals surface area contributed by atoms with E-state index in [1.165, 1.54) is 0 Å². The SMILES string of the molecule is CC(C)(C)c1csc(COc2ccc(C(N)=O)cc2)n1. The Balaban J connectivity index is 1.98. The summed E-state index contributed by atoms with van der Waals surface area (Å²) in [6, 6.07) is 6.77. The molecule has 2 rings (SSSR count). The minimum absolute atomic E-state index is 0.0535. The number of primary amides is 1. The van der Waals surface area contributed by atoms with E-state index in [9.17, 15) is 4.79 Å². The molecule has 0 bridgehead atoms. The average molecular weight is 290 g/mol. The van der Waals surface area contributed by atoms with E-state index in [4.69, 9.17) is 10.5 Å². The molecule has 106 valence electrons. The Morgan fingerprint density at radius 3 is 2.45 bits per heavy atom. The van der Waals surface area contributed by atoms with Crippen molar-refractivity contribution in [3.8, 4) is 5.75 Å². The van der Waals surface area contributed by atoms with Gasteiger partial charge in [-0.25, -0.2) is 4.98 Å². The van der Waals surface area contributed by atoms with E-state index in [2.05, 4.69) is 31.1 Å². The maximum absolute atomic E-state index is 11.0. The molecule has 0 aliphatic rings. The molecule has 0 aliphatic heterocycles. The Morgan fingerprint density at radius 1 is 1.30 bits per heavy atom. The first-order chi connectivity index (χ1) is 9.36. The first-order valence-electron chi connectivity index (χ1n) is 6.34. The highest BCUT2D eigenvalue weighted by atomic mass is 32.1. The van der Waals surface area contributed by atoms with Crippen molar-refractivity contribution >= 4 is 17.2 Å². The predicted octanol–water partition coefficient (Wildman–Crippen LogP) is 3.12. The van der Waals surface area contributed by atoms with Crippen LogP contribution in [0.4, 0.5) is 0 Å². The zero-order valence-corrected chi connectivity index (χ0v) is 12.7. The lowest BCUT2D eigenvalue weighted by molar-refractivity contribution is 0.100. The Hall–Kier alpha value is -1.88. The van der Waals surface area contributed by atoms with Gasteiger partial charge >= 0.3 is 0 Å². The Labute approximate surface area is 122 Å². The summed E-state index contributed by atoms with van der Waals surface area (Å²) in [5.74, 6) is 0.258. The minimum atomic E-state index is -0.439. The molecule has 20 heavy (non-hydrogen) atoms. The van der Waals surface area contributed by atoms with Crippen LogP contribution in [-0.4, -0.2) is 10.9 Å². The standard InChI is InChI=1S/C15H18N2O2S/c1-15(2,3)12-9-20-13(17-12)8-19-11-6-4-10(5-7-11)14(16)18/h4-7,9H,8H2,1-3H3,(H2,16,18). The number of hydrogen-bond donors (Lipinski definition) is 1. The van der Waals surface area contributed by atoms with Crippen molar-refractivity contribution in [2.75, 3.05) is 0 Å². The number of benzene rings is 1. The van der Waals surface area contributed by atoms with Gasteiger partial charge in [-0.05, 0) is 24.3 Å². The Bertz CT molecular complexity index is 597. The maximum Gasteiger partial charge on any atom is 0.248 e. The lowest BCUT2D eigenvalue weighted by Gasteiger charge is -2.14. The fourth-order valence-electron chi connectivity index (χ4n) is 1.58. The van der Waals surface area contributed by atoms with Gasteiger partial charge in [0.05, 0.1) is 5.69 Å². The second-order valence-electron chi connectivity index (χ2n) is 5.55. The molecular formula is C15H18N2O2S. The van der Waals surface area contributed by atoms with Crippen LogP contribution in [-0.2, 0) is 12.0 Å². The number of hydrogen-bond acceptors (Lipinski definition) is 4. The molecule has 0 radical (unpaired) electrons. The van der Waals surface area contributed by atoms with Crippen molar-refractivity contribution in [2.24, 2.45) is 5.73 Å². The van der Waals surface area contributed by atoms with Gasteiger partial charge in [0.15, 0.2) is 0 Å². The van der Waals surface area contributed by atoms with Gasteiger partial charge < -0.3 is 10.5 Å². The van der Waals surface area contributed by atoms with E-state index in [1.807, 2.05) is 0 Å². The number of amides is 1. The molecule has 2 N–H and O–H groups in total. The van der Waals surface area contributed by atoms with E-state index in [0.717, 1.165) is 10.7 Å². The van der Waals surface area contributed by atoms with Gasteiger partial charge in [-0.1, -0.05) is 20.8 Å². The van der Waals surface area contributed by atoms with Crippen LogP contribution < -0.4 is 10.5 Å². The molecule has 1 amide bonds. The van der Waals surface area contributed by atoms with Gasteiger partial charge in [0.2, 0.25) is 5.91 Å². The number of rotatable bonds is 4. The molecule has 0 atom stereocenters. The van der Waals surface area contributed by atoms with E-state index < -0.39 is 5.91 Å². The number of carbonyl (C=O) groups is 1. The van der Waals surface area contributed by atoms with Gasteiger partial charge in [-0.2, -0.15) is 0 Å². The molecule has 0 aliphatic carbocycles. The summed E-state index contributed by atoms with van der Waals surface area (Å²) in [7, 11) is 0. The highest BCUT2D eigenvalue weighted by Crippen LogP contribution is 2.24. The van der Waals surface area contributed by atoms with Gasteiger partial charge in [-0.15, -0.1) is 11.3 Å². The first kappa shape index (κ1) is 14.5. The molecule has 5 heteroatoms. The second kappa shape index (κ2) is 5.63. The third kappa shape index (κ3) is 3.57. The van der Waals surface area contributed by atoms with Gasteiger partial charge in [0.1, 0.15) is 17.4 Å². The molecule has 0 spiro atoms. The molecule has 0 saturated carbocycles. The maximum atomic E-state index is 11.0. The van der Waals surface area contributed by atoms with E-state index >= 15 is 0 Å². The molecule has 2 aromatic rings. The highest BCUT2D eigenvalue weighted by molar-refractivity contribution is 7.09. The van der Waals surface area contributed by atoms with E-state index in [1.54, 1.807) is 35.6 Å². The van der Waals surface area contributed by atoms with Crippen molar-refractivity contribution in [1.29, 1.82) is 0 Å². The second-order valence-corrected chi connectivity index (χ2v) is 6.50. The zero-order chi connectivity index (χ0) is 14.8. The van der Waals surface area contributed by atoms with Crippen LogP contribution in [0.15, 0.2) is 29.6 Å². The number of thiazole rings is 1. The van der Waals surface area contributed by atoms with Crippen LogP contribution in [0.2, 0.25) is 0 Å². The van der Waals surface area contributed by atoms with Crippen molar-refractivity contribution in [3.05, 3.63) is 45.9 Å². The van der Waals surface area contributed by atoms with Gasteiger partial charge in [-0.3, -0.25) is 4.79 Å². The largest absolute Gasteiger partial charge is 0.486 e. The first-order valence-corrected chi connectivity index (χ1v) is 7.22. The lowest BCUT2D eigenvalue weighted by Crippen LogP contribution is -2.11. The molecule has 4 nitrogen and oxygen atoms in total. The summed E-state index contributed by atoms with van der Waals surface area (Å²) < 4.78 is 5.65. The highest BCUT2D eigenvalue weighted by Gasteiger charge is 2.17. The van der Waals surface area contributed by atoms with Crippen molar-refractivity contribution in [2.45, 2.75) is 32.8 Å². The van der Waals surface area contributed by atoms with E-state index in [0.29, 0.717) is 17.9 Å². The van der Waals surface area contributed by atoms with Crippen molar-refractivity contribution in [3.63, 3.8) is 0 Å². The number of ether oxygens (including phenoxy) is 1. The van der Waals surface area contributed by atoms with Crippen molar-refractivity contribution in [1.82, 2.24) is 4.98 Å². The molecule has 1 aromatic carbocycles. The minimum Gasteiger partial charge on any atom is -0.486 e.